The van der Waals surface area contributed by atoms with Crippen molar-refractivity contribution in [3.63, 3.8) is 0 Å². The molecule has 0 spiro atoms. The normalized spacial score (nSPS) is 15.0. The van der Waals surface area contributed by atoms with Gasteiger partial charge in [-0.1, -0.05) is 6.07 Å². The highest BCUT2D eigenvalue weighted by Gasteiger charge is 2.24. The quantitative estimate of drug-likeness (QED) is 0.352. The third-order valence-electron chi connectivity index (χ3n) is 6.68. The van der Waals surface area contributed by atoms with Crippen LogP contribution in [0.1, 0.15) is 0 Å². The van der Waals surface area contributed by atoms with Crippen LogP contribution in [0.3, 0.4) is 0 Å². The second-order valence-electron chi connectivity index (χ2n) is 9.38. The van der Waals surface area contributed by atoms with Gasteiger partial charge in [-0.05, 0) is 55.1 Å². The average molecular weight is 557 g/mol. The van der Waals surface area contributed by atoms with Crippen molar-refractivity contribution >= 4 is 15.7 Å². The van der Waals surface area contributed by atoms with Crippen molar-refractivity contribution in [2.24, 2.45) is 0 Å². The number of pyridine rings is 1. The number of halogens is 3. The lowest BCUT2D eigenvalue weighted by Crippen LogP contribution is -2.45. The number of anilines is 1. The number of sulfonamides is 1. The summed E-state index contributed by atoms with van der Waals surface area (Å²) in [6.07, 6.45) is 5.07. The fourth-order valence-electron chi connectivity index (χ4n) is 4.47. The molecule has 1 aliphatic rings. The Bertz CT molecular complexity index is 1570. The second kappa shape index (κ2) is 11.2. The first-order valence-corrected chi connectivity index (χ1v) is 13.8. The molecule has 39 heavy (non-hydrogen) atoms. The van der Waals surface area contributed by atoms with Crippen LogP contribution in [0.4, 0.5) is 18.9 Å². The Labute approximate surface area is 224 Å². The number of hydrogen-bond donors (Lipinski definition) is 1. The molecule has 1 fully saturated rings. The molecule has 0 bridgehead atoms. The number of rotatable bonds is 8. The molecule has 4 aromatic rings. The van der Waals surface area contributed by atoms with Crippen molar-refractivity contribution in [1.82, 2.24) is 24.6 Å². The SMILES string of the molecule is CN1CCN(CCn2cc(-c3ccncc3)c(-c3cccc(NS(=O)(=O)c4cc(F)ccc4F)c3F)n2)CC1. The van der Waals surface area contributed by atoms with Crippen LogP contribution in [-0.2, 0) is 16.6 Å². The summed E-state index contributed by atoms with van der Waals surface area (Å²) in [6.45, 7) is 5.22. The fourth-order valence-corrected chi connectivity index (χ4v) is 5.62. The third kappa shape index (κ3) is 5.97. The molecule has 0 saturated carbocycles. The average Bonchev–Trinajstić information content (AvgIpc) is 3.35. The summed E-state index contributed by atoms with van der Waals surface area (Å²) in [4.78, 5) is 7.75. The first kappa shape index (κ1) is 26.9. The molecule has 0 unspecified atom stereocenters. The molecule has 0 amide bonds. The van der Waals surface area contributed by atoms with Crippen molar-refractivity contribution in [2.45, 2.75) is 11.4 Å². The number of aromatic nitrogens is 3. The fraction of sp³-hybridized carbons (Fsp3) is 0.259. The first-order chi connectivity index (χ1) is 18.7. The molecule has 2 aromatic heterocycles. The summed E-state index contributed by atoms with van der Waals surface area (Å²) in [5, 5.41) is 4.67. The minimum atomic E-state index is -4.62. The van der Waals surface area contributed by atoms with Gasteiger partial charge in [-0.15, -0.1) is 0 Å². The summed E-state index contributed by atoms with van der Waals surface area (Å²) in [7, 11) is -2.53. The van der Waals surface area contributed by atoms with Crippen LogP contribution >= 0.6 is 0 Å². The van der Waals surface area contributed by atoms with Gasteiger partial charge in [-0.2, -0.15) is 5.10 Å². The Morgan fingerprint density at radius 2 is 1.67 bits per heavy atom. The highest BCUT2D eigenvalue weighted by atomic mass is 32.2. The molecule has 8 nitrogen and oxygen atoms in total. The van der Waals surface area contributed by atoms with Crippen LogP contribution in [-0.4, -0.2) is 72.8 Å². The molecular formula is C27H27F3N6O2S. The molecule has 1 saturated heterocycles. The van der Waals surface area contributed by atoms with E-state index in [1.807, 2.05) is 6.20 Å². The van der Waals surface area contributed by atoms with Crippen LogP contribution < -0.4 is 4.72 Å². The first-order valence-electron chi connectivity index (χ1n) is 12.4. The van der Waals surface area contributed by atoms with Gasteiger partial charge in [0.05, 0.1) is 12.2 Å². The Kier molecular flexibility index (Phi) is 7.69. The van der Waals surface area contributed by atoms with Crippen molar-refractivity contribution in [3.8, 4) is 22.4 Å². The molecule has 204 valence electrons. The lowest BCUT2D eigenvalue weighted by atomic mass is 10.0. The summed E-state index contributed by atoms with van der Waals surface area (Å²) >= 11 is 0. The predicted molar refractivity (Wildman–Crippen MR) is 142 cm³/mol. The van der Waals surface area contributed by atoms with E-state index in [1.165, 1.54) is 18.2 Å². The minimum Gasteiger partial charge on any atom is -0.304 e. The third-order valence-corrected chi connectivity index (χ3v) is 8.06. The van der Waals surface area contributed by atoms with Gasteiger partial charge >= 0.3 is 0 Å². The molecule has 1 N–H and O–H groups in total. The van der Waals surface area contributed by atoms with E-state index in [0.29, 0.717) is 29.9 Å². The highest BCUT2D eigenvalue weighted by molar-refractivity contribution is 7.92. The Morgan fingerprint density at radius 1 is 0.923 bits per heavy atom. The van der Waals surface area contributed by atoms with Gasteiger partial charge in [0.1, 0.15) is 22.2 Å². The monoisotopic (exact) mass is 556 g/mol. The van der Waals surface area contributed by atoms with Crippen molar-refractivity contribution in [1.29, 1.82) is 0 Å². The van der Waals surface area contributed by atoms with E-state index in [-0.39, 0.29) is 5.56 Å². The number of likely N-dealkylation sites (N-methyl/N-ethyl adjacent to an activating group) is 1. The smallest absolute Gasteiger partial charge is 0.265 e. The van der Waals surface area contributed by atoms with Crippen LogP contribution in [0.2, 0.25) is 0 Å². The zero-order chi connectivity index (χ0) is 27.6. The van der Waals surface area contributed by atoms with Gasteiger partial charge in [-0.3, -0.25) is 19.3 Å². The van der Waals surface area contributed by atoms with E-state index in [9.17, 15) is 17.2 Å². The van der Waals surface area contributed by atoms with Crippen molar-refractivity contribution in [2.75, 3.05) is 44.5 Å². The van der Waals surface area contributed by atoms with Gasteiger partial charge in [0.25, 0.3) is 10.0 Å². The molecule has 1 aliphatic heterocycles. The van der Waals surface area contributed by atoms with Crippen LogP contribution in [0.25, 0.3) is 22.4 Å². The maximum Gasteiger partial charge on any atom is 0.265 e. The highest BCUT2D eigenvalue weighted by Crippen LogP contribution is 2.35. The standard InChI is InChI=1S/C27H27F3N6O2S/c1-34-11-13-35(14-12-34)15-16-36-18-22(19-7-9-31-10-8-19)27(32-36)21-3-2-4-24(26(21)30)33-39(37,38)25-17-20(28)5-6-23(25)29/h2-10,17-18,33H,11-16H2,1H3. The van der Waals surface area contributed by atoms with E-state index >= 15 is 4.39 Å². The zero-order valence-electron chi connectivity index (χ0n) is 21.2. The minimum absolute atomic E-state index is 0.0556. The Hall–Kier alpha value is -3.74. The van der Waals surface area contributed by atoms with Gasteiger partial charge < -0.3 is 4.90 Å². The Balaban J connectivity index is 1.48. The number of hydrogen-bond acceptors (Lipinski definition) is 6. The van der Waals surface area contributed by atoms with Gasteiger partial charge in [0, 0.05) is 62.4 Å². The molecule has 0 atom stereocenters. The number of nitrogens with one attached hydrogen (secondary N) is 1. The molecular weight excluding hydrogens is 529 g/mol. The number of benzene rings is 2. The second-order valence-corrected chi connectivity index (χ2v) is 11.0. The van der Waals surface area contributed by atoms with E-state index in [1.54, 1.807) is 29.2 Å². The zero-order valence-corrected chi connectivity index (χ0v) is 22.0. The maximum absolute atomic E-state index is 15.8. The molecule has 12 heteroatoms. The summed E-state index contributed by atoms with van der Waals surface area (Å²) in [5.41, 5.74) is 1.36. The van der Waals surface area contributed by atoms with Crippen LogP contribution in [0.15, 0.2) is 72.0 Å². The lowest BCUT2D eigenvalue weighted by molar-refractivity contribution is 0.149. The summed E-state index contributed by atoms with van der Waals surface area (Å²) < 4.78 is 73.1. The van der Waals surface area contributed by atoms with Crippen molar-refractivity contribution < 1.29 is 21.6 Å². The van der Waals surface area contributed by atoms with Gasteiger partial charge in [-0.25, -0.2) is 21.6 Å². The van der Waals surface area contributed by atoms with E-state index < -0.39 is 38.1 Å². The van der Waals surface area contributed by atoms with Gasteiger partial charge in [0.2, 0.25) is 0 Å². The van der Waals surface area contributed by atoms with E-state index in [0.717, 1.165) is 44.4 Å². The molecule has 0 aliphatic carbocycles. The van der Waals surface area contributed by atoms with E-state index in [4.69, 9.17) is 0 Å². The van der Waals surface area contributed by atoms with Crippen LogP contribution in [0, 0.1) is 17.5 Å². The molecule has 3 heterocycles. The number of nitrogens with zero attached hydrogens (tertiary/aromatic N) is 5. The molecule has 2 aromatic carbocycles. The van der Waals surface area contributed by atoms with Gasteiger partial charge in [0.15, 0.2) is 5.82 Å². The Morgan fingerprint density at radius 3 is 2.41 bits per heavy atom. The molecule has 5 rings (SSSR count). The van der Waals surface area contributed by atoms with Crippen LogP contribution in [0.5, 0.6) is 0 Å². The predicted octanol–water partition coefficient (Wildman–Crippen LogP) is 4.08. The number of piperazine rings is 1. The lowest BCUT2D eigenvalue weighted by Gasteiger charge is -2.32. The summed E-state index contributed by atoms with van der Waals surface area (Å²) in [5.74, 6) is -2.98. The topological polar surface area (TPSA) is 83.4 Å². The maximum atomic E-state index is 15.8. The van der Waals surface area contributed by atoms with Crippen molar-refractivity contribution in [3.05, 3.63) is 84.6 Å². The molecule has 0 radical (unpaired) electrons. The summed E-state index contributed by atoms with van der Waals surface area (Å²) in [6, 6.07) is 9.78. The van der Waals surface area contributed by atoms with E-state index in [2.05, 4.69) is 31.7 Å². The largest absolute Gasteiger partial charge is 0.304 e.